The van der Waals surface area contributed by atoms with Crippen molar-refractivity contribution in [3.8, 4) is 0 Å². The summed E-state index contributed by atoms with van der Waals surface area (Å²) in [5.74, 6) is 0.661. The number of amides is 2. The van der Waals surface area contributed by atoms with Crippen LogP contribution < -0.4 is 5.32 Å². The first-order chi connectivity index (χ1) is 13.0. The van der Waals surface area contributed by atoms with Crippen molar-refractivity contribution in [2.75, 3.05) is 32.5 Å². The largest absolute Gasteiger partial charge is 0.345 e. The zero-order valence-electron chi connectivity index (χ0n) is 15.8. The van der Waals surface area contributed by atoms with Crippen molar-refractivity contribution in [3.63, 3.8) is 0 Å². The number of thiophene rings is 1. The van der Waals surface area contributed by atoms with E-state index in [2.05, 4.69) is 21.7 Å². The number of hydrogen-bond donors (Lipinski definition) is 1. The lowest BCUT2D eigenvalue weighted by Crippen LogP contribution is -2.41. The number of rotatable bonds is 5. The molecule has 2 amide bonds. The average Bonchev–Trinajstić information content (AvgIpc) is 3.37. The zero-order valence-corrected chi connectivity index (χ0v) is 16.6. The first kappa shape index (κ1) is 18.2. The van der Waals surface area contributed by atoms with E-state index >= 15 is 0 Å². The van der Waals surface area contributed by atoms with Crippen molar-refractivity contribution in [2.45, 2.75) is 25.3 Å². The second kappa shape index (κ2) is 7.44. The lowest BCUT2D eigenvalue weighted by Gasteiger charge is -2.35. The molecule has 27 heavy (non-hydrogen) atoms. The molecule has 142 valence electrons. The van der Waals surface area contributed by atoms with Gasteiger partial charge in [0.15, 0.2) is 0 Å². The molecule has 5 nitrogen and oxygen atoms in total. The van der Waals surface area contributed by atoms with E-state index in [1.165, 1.54) is 23.3 Å². The molecule has 0 saturated heterocycles. The Bertz CT molecular complexity index is 839. The molecule has 1 aromatic carbocycles. The predicted molar refractivity (Wildman–Crippen MR) is 108 cm³/mol. The number of carbonyl (C=O) groups excluding carboxylic acids is 2. The Morgan fingerprint density at radius 2 is 1.93 bits per heavy atom. The van der Waals surface area contributed by atoms with E-state index in [0.29, 0.717) is 24.1 Å². The van der Waals surface area contributed by atoms with Crippen LogP contribution in [0.15, 0.2) is 35.7 Å². The second-order valence-corrected chi connectivity index (χ2v) is 8.63. The highest BCUT2D eigenvalue weighted by Gasteiger charge is 2.40. The molecule has 2 aromatic rings. The minimum atomic E-state index is -0.0416. The highest BCUT2D eigenvalue weighted by atomic mass is 32.1. The molecule has 1 aliphatic carbocycles. The van der Waals surface area contributed by atoms with Crippen LogP contribution in [0.25, 0.3) is 0 Å². The molecule has 0 unspecified atom stereocenters. The van der Waals surface area contributed by atoms with Gasteiger partial charge in [-0.25, -0.2) is 0 Å². The van der Waals surface area contributed by atoms with Gasteiger partial charge in [0.05, 0.1) is 6.54 Å². The maximum atomic E-state index is 12.6. The summed E-state index contributed by atoms with van der Waals surface area (Å²) in [6, 6.07) is 9.73. The van der Waals surface area contributed by atoms with Crippen LogP contribution in [-0.4, -0.2) is 48.8 Å². The molecule has 2 heterocycles. The monoisotopic (exact) mass is 383 g/mol. The van der Waals surface area contributed by atoms with Crippen LogP contribution in [0.4, 0.5) is 5.69 Å². The molecule has 1 saturated carbocycles. The fourth-order valence-corrected chi connectivity index (χ4v) is 4.79. The summed E-state index contributed by atoms with van der Waals surface area (Å²) in [5, 5.41) is 5.16. The minimum Gasteiger partial charge on any atom is -0.345 e. The van der Waals surface area contributed by atoms with Gasteiger partial charge in [0.1, 0.15) is 0 Å². The molecule has 1 N–H and O–H groups in total. The van der Waals surface area contributed by atoms with E-state index in [1.54, 1.807) is 43.3 Å². The molecule has 1 aromatic heterocycles. The van der Waals surface area contributed by atoms with Gasteiger partial charge in [-0.15, -0.1) is 11.3 Å². The summed E-state index contributed by atoms with van der Waals surface area (Å²) in [6.07, 6.45) is 3.56. The molecular formula is C21H25N3O2S. The lowest BCUT2D eigenvalue weighted by molar-refractivity contribution is -0.118. The smallest absolute Gasteiger partial charge is 0.253 e. The van der Waals surface area contributed by atoms with Crippen LogP contribution in [-0.2, 0) is 11.2 Å². The quantitative estimate of drug-likeness (QED) is 0.861. The maximum Gasteiger partial charge on any atom is 0.253 e. The van der Waals surface area contributed by atoms with Gasteiger partial charge in [-0.2, -0.15) is 0 Å². The fourth-order valence-electron chi connectivity index (χ4n) is 3.88. The SMILES string of the molecule is CN(C)C(=O)c1ccc(NC(=O)CN2CCc3sccc3[C@H]2C2CC2)cc1. The van der Waals surface area contributed by atoms with Crippen LogP contribution >= 0.6 is 11.3 Å². The summed E-state index contributed by atoms with van der Waals surface area (Å²) >= 11 is 1.85. The van der Waals surface area contributed by atoms with E-state index in [-0.39, 0.29) is 11.8 Å². The van der Waals surface area contributed by atoms with Crippen molar-refractivity contribution in [1.82, 2.24) is 9.80 Å². The predicted octanol–water partition coefficient (Wildman–Crippen LogP) is 3.40. The topological polar surface area (TPSA) is 52.7 Å². The molecule has 4 rings (SSSR count). The number of anilines is 1. The van der Waals surface area contributed by atoms with E-state index in [1.807, 2.05) is 11.3 Å². The summed E-state index contributed by atoms with van der Waals surface area (Å²) < 4.78 is 0. The van der Waals surface area contributed by atoms with Gasteiger partial charge in [-0.3, -0.25) is 14.5 Å². The summed E-state index contributed by atoms with van der Waals surface area (Å²) in [5.41, 5.74) is 2.78. The normalized spacial score (nSPS) is 19.4. The first-order valence-corrected chi connectivity index (χ1v) is 10.3. The van der Waals surface area contributed by atoms with Crippen molar-refractivity contribution in [3.05, 3.63) is 51.7 Å². The highest BCUT2D eigenvalue weighted by Crippen LogP contribution is 2.48. The first-order valence-electron chi connectivity index (χ1n) is 9.45. The van der Waals surface area contributed by atoms with Gasteiger partial charge in [0.2, 0.25) is 5.91 Å². The Hall–Kier alpha value is -2.18. The van der Waals surface area contributed by atoms with Gasteiger partial charge in [0.25, 0.3) is 5.91 Å². The van der Waals surface area contributed by atoms with E-state index in [4.69, 9.17) is 0 Å². The Morgan fingerprint density at radius 3 is 2.59 bits per heavy atom. The minimum absolute atomic E-state index is 0.00557. The van der Waals surface area contributed by atoms with Gasteiger partial charge in [-0.1, -0.05) is 0 Å². The molecular weight excluding hydrogens is 358 g/mol. The zero-order chi connectivity index (χ0) is 19.0. The van der Waals surface area contributed by atoms with Crippen molar-refractivity contribution < 1.29 is 9.59 Å². The summed E-state index contributed by atoms with van der Waals surface area (Å²) in [7, 11) is 3.46. The van der Waals surface area contributed by atoms with Crippen LogP contribution in [0.2, 0.25) is 0 Å². The molecule has 6 heteroatoms. The number of nitrogens with one attached hydrogen (secondary N) is 1. The van der Waals surface area contributed by atoms with E-state index < -0.39 is 0 Å². The van der Waals surface area contributed by atoms with Gasteiger partial charge >= 0.3 is 0 Å². The molecule has 0 bridgehead atoms. The Morgan fingerprint density at radius 1 is 1.19 bits per heavy atom. The molecule has 2 aliphatic rings. The molecule has 1 aliphatic heterocycles. The molecule has 0 spiro atoms. The van der Waals surface area contributed by atoms with Crippen molar-refractivity contribution in [2.24, 2.45) is 5.92 Å². The standard InChI is InChI=1S/C21H25N3O2S/c1-23(2)21(26)15-5-7-16(8-6-15)22-19(25)13-24-11-9-18-17(10-12-27-18)20(24)14-3-4-14/h5-8,10,12,14,20H,3-4,9,11,13H2,1-2H3,(H,22,25)/t20-/m1/s1. The van der Waals surface area contributed by atoms with E-state index in [9.17, 15) is 9.59 Å². The maximum absolute atomic E-state index is 12.6. The average molecular weight is 384 g/mol. The van der Waals surface area contributed by atoms with Crippen LogP contribution in [0.3, 0.4) is 0 Å². The van der Waals surface area contributed by atoms with Gasteiger partial charge in [0, 0.05) is 42.8 Å². The highest BCUT2D eigenvalue weighted by molar-refractivity contribution is 7.10. The summed E-state index contributed by atoms with van der Waals surface area (Å²) in [4.78, 5) is 30.0. The number of benzene rings is 1. The van der Waals surface area contributed by atoms with Crippen LogP contribution in [0.1, 0.15) is 39.7 Å². The molecule has 1 fully saturated rings. The third-order valence-corrected chi connectivity index (χ3v) is 6.35. The van der Waals surface area contributed by atoms with Crippen molar-refractivity contribution >= 4 is 28.8 Å². The third kappa shape index (κ3) is 3.92. The number of fused-ring (bicyclic) bond motifs is 1. The van der Waals surface area contributed by atoms with Crippen LogP contribution in [0.5, 0.6) is 0 Å². The number of nitrogens with zero attached hydrogens (tertiary/aromatic N) is 2. The molecule has 0 radical (unpaired) electrons. The van der Waals surface area contributed by atoms with Gasteiger partial charge < -0.3 is 10.2 Å². The van der Waals surface area contributed by atoms with Gasteiger partial charge in [-0.05, 0) is 66.5 Å². The number of hydrogen-bond acceptors (Lipinski definition) is 4. The van der Waals surface area contributed by atoms with E-state index in [0.717, 1.165) is 18.7 Å². The number of carbonyl (C=O) groups is 2. The van der Waals surface area contributed by atoms with Crippen molar-refractivity contribution in [1.29, 1.82) is 0 Å². The Kier molecular flexibility index (Phi) is 5.02. The molecule has 1 atom stereocenters. The Balaban J connectivity index is 1.40. The fraction of sp³-hybridized carbons (Fsp3) is 0.429. The third-order valence-electron chi connectivity index (χ3n) is 5.36. The summed E-state index contributed by atoms with van der Waals surface area (Å²) in [6.45, 7) is 1.35. The Labute approximate surface area is 164 Å². The van der Waals surface area contributed by atoms with Crippen LogP contribution in [0, 0.1) is 5.92 Å². The lowest BCUT2D eigenvalue weighted by atomic mass is 9.96. The second-order valence-electron chi connectivity index (χ2n) is 7.63.